The SMILES string of the molecule is Nc1c([N+](=O)[O-])ncc(Br)c1C(F)F. The minimum absolute atomic E-state index is 0.0457. The molecular formula is C6H4BrF2N3O2. The van der Waals surface area contributed by atoms with Gasteiger partial charge in [-0.25, -0.2) is 8.78 Å². The second-order valence-electron chi connectivity index (χ2n) is 2.31. The molecule has 0 bridgehead atoms. The molecule has 1 aromatic rings. The summed E-state index contributed by atoms with van der Waals surface area (Å²) >= 11 is 2.79. The van der Waals surface area contributed by atoms with E-state index in [4.69, 9.17) is 5.73 Å². The van der Waals surface area contributed by atoms with E-state index < -0.39 is 28.4 Å². The number of nitrogens with zero attached hydrogens (tertiary/aromatic N) is 2. The lowest BCUT2D eigenvalue weighted by Crippen LogP contribution is -2.03. The summed E-state index contributed by atoms with van der Waals surface area (Å²) < 4.78 is 24.7. The Bertz CT molecular complexity index is 386. The van der Waals surface area contributed by atoms with Crippen LogP contribution in [0.2, 0.25) is 0 Å². The van der Waals surface area contributed by atoms with E-state index in [0.717, 1.165) is 6.20 Å². The zero-order valence-corrected chi connectivity index (χ0v) is 8.16. The number of alkyl halides is 2. The first-order valence-corrected chi connectivity index (χ1v) is 4.11. The highest BCUT2D eigenvalue weighted by Gasteiger charge is 2.25. The van der Waals surface area contributed by atoms with E-state index in [1.165, 1.54) is 0 Å². The number of pyridine rings is 1. The molecule has 1 aromatic heterocycles. The van der Waals surface area contributed by atoms with E-state index in [0.29, 0.717) is 0 Å². The topological polar surface area (TPSA) is 82.0 Å². The standard InChI is InChI=1S/C6H4BrF2N3O2/c7-2-1-11-6(12(13)14)4(10)3(2)5(8)9/h1,5H,10H2. The Morgan fingerprint density at radius 3 is 2.64 bits per heavy atom. The first-order chi connectivity index (χ1) is 6.45. The van der Waals surface area contributed by atoms with Crippen molar-refractivity contribution in [2.75, 3.05) is 5.73 Å². The Balaban J connectivity index is 3.41. The van der Waals surface area contributed by atoms with Crippen molar-refractivity contribution >= 4 is 27.4 Å². The molecule has 0 saturated carbocycles. The summed E-state index contributed by atoms with van der Waals surface area (Å²) in [5.74, 6) is -0.761. The Hall–Kier alpha value is -1.31. The Labute approximate surface area is 85.2 Å². The van der Waals surface area contributed by atoms with Crippen molar-refractivity contribution in [2.45, 2.75) is 6.43 Å². The predicted octanol–water partition coefficient (Wildman–Crippen LogP) is 2.27. The zero-order valence-electron chi connectivity index (χ0n) is 6.58. The van der Waals surface area contributed by atoms with Crippen molar-refractivity contribution in [1.29, 1.82) is 0 Å². The molecule has 0 radical (unpaired) electrons. The van der Waals surface area contributed by atoms with Gasteiger partial charge in [-0.05, 0) is 25.8 Å². The number of anilines is 1. The fraction of sp³-hybridized carbons (Fsp3) is 0.167. The lowest BCUT2D eigenvalue weighted by Gasteiger charge is -2.05. The molecule has 0 spiro atoms. The Morgan fingerprint density at radius 1 is 1.64 bits per heavy atom. The van der Waals surface area contributed by atoms with Gasteiger partial charge in [0, 0.05) is 0 Å². The van der Waals surface area contributed by atoms with E-state index in [2.05, 4.69) is 20.9 Å². The molecule has 5 nitrogen and oxygen atoms in total. The first-order valence-electron chi connectivity index (χ1n) is 3.31. The van der Waals surface area contributed by atoms with E-state index in [9.17, 15) is 18.9 Å². The van der Waals surface area contributed by atoms with Gasteiger partial charge in [-0.3, -0.25) is 0 Å². The van der Waals surface area contributed by atoms with Crippen LogP contribution in [-0.4, -0.2) is 9.91 Å². The van der Waals surface area contributed by atoms with Crippen LogP contribution in [0.15, 0.2) is 10.7 Å². The fourth-order valence-electron chi connectivity index (χ4n) is 0.873. The summed E-state index contributed by atoms with van der Waals surface area (Å²) in [4.78, 5) is 12.7. The van der Waals surface area contributed by atoms with Gasteiger partial charge in [0.15, 0.2) is 6.20 Å². The van der Waals surface area contributed by atoms with E-state index in [-0.39, 0.29) is 4.47 Å². The normalized spacial score (nSPS) is 10.6. The third-order valence-electron chi connectivity index (χ3n) is 1.48. The first kappa shape index (κ1) is 10.8. The second kappa shape index (κ2) is 3.82. The quantitative estimate of drug-likeness (QED) is 0.658. The monoisotopic (exact) mass is 267 g/mol. The van der Waals surface area contributed by atoms with Crippen LogP contribution in [-0.2, 0) is 0 Å². The molecule has 0 amide bonds. The fourth-order valence-corrected chi connectivity index (χ4v) is 1.36. The van der Waals surface area contributed by atoms with Gasteiger partial charge < -0.3 is 15.8 Å². The smallest absolute Gasteiger partial charge is 0.387 e. The largest absolute Gasteiger partial charge is 0.391 e. The molecular weight excluding hydrogens is 264 g/mol. The van der Waals surface area contributed by atoms with E-state index in [1.54, 1.807) is 0 Å². The van der Waals surface area contributed by atoms with Gasteiger partial charge in [-0.15, -0.1) is 0 Å². The van der Waals surface area contributed by atoms with Crippen LogP contribution in [0.4, 0.5) is 20.3 Å². The number of rotatable bonds is 2. The lowest BCUT2D eigenvalue weighted by molar-refractivity contribution is -0.388. The summed E-state index contributed by atoms with van der Waals surface area (Å²) in [5.41, 5.74) is 3.96. The van der Waals surface area contributed by atoms with Crippen LogP contribution < -0.4 is 5.73 Å². The predicted molar refractivity (Wildman–Crippen MR) is 48.0 cm³/mol. The van der Waals surface area contributed by atoms with Gasteiger partial charge in [0.2, 0.25) is 0 Å². The van der Waals surface area contributed by atoms with Gasteiger partial charge in [0.25, 0.3) is 6.43 Å². The molecule has 0 unspecified atom stereocenters. The maximum Gasteiger partial charge on any atom is 0.387 e. The average Bonchev–Trinajstić information content (AvgIpc) is 2.02. The molecule has 8 heteroatoms. The van der Waals surface area contributed by atoms with Gasteiger partial charge >= 0.3 is 5.82 Å². The molecule has 0 aliphatic carbocycles. The minimum atomic E-state index is -2.88. The van der Waals surface area contributed by atoms with Crippen molar-refractivity contribution in [3.63, 3.8) is 0 Å². The highest BCUT2D eigenvalue weighted by Crippen LogP contribution is 2.35. The van der Waals surface area contributed by atoms with Crippen LogP contribution in [0, 0.1) is 10.1 Å². The second-order valence-corrected chi connectivity index (χ2v) is 3.17. The number of halogens is 3. The molecule has 0 saturated heterocycles. The van der Waals surface area contributed by atoms with Gasteiger partial charge in [0.05, 0.1) is 10.0 Å². The highest BCUT2D eigenvalue weighted by molar-refractivity contribution is 9.10. The number of nitrogen functional groups attached to an aromatic ring is 1. The average molecular weight is 268 g/mol. The van der Waals surface area contributed by atoms with E-state index >= 15 is 0 Å². The molecule has 0 aliphatic heterocycles. The molecule has 1 heterocycles. The Morgan fingerprint density at radius 2 is 2.21 bits per heavy atom. The maximum atomic E-state index is 12.4. The summed E-state index contributed by atoms with van der Waals surface area (Å²) in [7, 11) is 0. The summed E-state index contributed by atoms with van der Waals surface area (Å²) in [6, 6.07) is 0. The molecule has 0 aromatic carbocycles. The third-order valence-corrected chi connectivity index (χ3v) is 2.11. The number of hydrogen-bond donors (Lipinski definition) is 1. The number of hydrogen-bond acceptors (Lipinski definition) is 4. The third kappa shape index (κ3) is 1.79. The molecule has 76 valence electrons. The van der Waals surface area contributed by atoms with Crippen LogP contribution in [0.3, 0.4) is 0 Å². The van der Waals surface area contributed by atoms with Crippen LogP contribution in [0.1, 0.15) is 12.0 Å². The maximum absolute atomic E-state index is 12.4. The molecule has 0 atom stereocenters. The van der Waals surface area contributed by atoms with Crippen molar-refractivity contribution in [3.8, 4) is 0 Å². The van der Waals surface area contributed by atoms with Gasteiger partial charge in [0.1, 0.15) is 5.69 Å². The molecule has 1 rings (SSSR count). The minimum Gasteiger partial charge on any atom is -0.391 e. The molecule has 14 heavy (non-hydrogen) atoms. The number of nitro groups is 1. The zero-order chi connectivity index (χ0) is 10.9. The number of nitrogens with two attached hydrogens (primary N) is 1. The van der Waals surface area contributed by atoms with Crippen molar-refractivity contribution in [3.05, 3.63) is 26.3 Å². The summed E-state index contributed by atoms with van der Waals surface area (Å²) in [5, 5.41) is 10.3. The van der Waals surface area contributed by atoms with Crippen molar-refractivity contribution < 1.29 is 13.7 Å². The molecule has 0 aliphatic rings. The van der Waals surface area contributed by atoms with Crippen molar-refractivity contribution in [1.82, 2.24) is 4.98 Å². The summed E-state index contributed by atoms with van der Waals surface area (Å²) in [6.45, 7) is 0. The van der Waals surface area contributed by atoms with Crippen LogP contribution in [0.5, 0.6) is 0 Å². The molecule has 2 N–H and O–H groups in total. The Kier molecular flexibility index (Phi) is 2.94. The van der Waals surface area contributed by atoms with Gasteiger partial charge in [-0.1, -0.05) is 0 Å². The van der Waals surface area contributed by atoms with E-state index in [1.807, 2.05) is 0 Å². The van der Waals surface area contributed by atoms with Crippen LogP contribution >= 0.6 is 15.9 Å². The number of aromatic nitrogens is 1. The molecule has 0 fully saturated rings. The summed E-state index contributed by atoms with van der Waals surface area (Å²) in [6.07, 6.45) is -1.96. The van der Waals surface area contributed by atoms with Gasteiger partial charge in [-0.2, -0.15) is 0 Å². The van der Waals surface area contributed by atoms with Crippen molar-refractivity contribution in [2.24, 2.45) is 0 Å². The highest BCUT2D eigenvalue weighted by atomic mass is 79.9. The van der Waals surface area contributed by atoms with Crippen LogP contribution in [0.25, 0.3) is 0 Å². The lowest BCUT2D eigenvalue weighted by atomic mass is 10.2.